The lowest BCUT2D eigenvalue weighted by atomic mass is 9.73. The first-order valence-electron chi connectivity index (χ1n) is 8.82. The van der Waals surface area contributed by atoms with E-state index >= 15 is 0 Å². The molecular weight excluding hydrogens is 350 g/mol. The largest absolute Gasteiger partial charge is 0.481 e. The Bertz CT molecular complexity index is 766. The van der Waals surface area contributed by atoms with E-state index in [1.165, 1.54) is 0 Å². The number of halogens is 1. The van der Waals surface area contributed by atoms with Gasteiger partial charge >= 0.3 is 5.97 Å². The average Bonchev–Trinajstić information content (AvgIpc) is 2.68. The van der Waals surface area contributed by atoms with Crippen molar-refractivity contribution in [2.24, 2.45) is 0 Å². The first-order valence-corrected chi connectivity index (χ1v) is 9.20. The van der Waals surface area contributed by atoms with Gasteiger partial charge in [-0.15, -0.1) is 0 Å². The molecule has 0 aliphatic carbocycles. The molecule has 0 atom stereocenters. The highest BCUT2D eigenvalue weighted by atomic mass is 35.5. The summed E-state index contributed by atoms with van der Waals surface area (Å²) in [7, 11) is 0. The molecule has 5 heteroatoms. The minimum atomic E-state index is -0.895. The van der Waals surface area contributed by atoms with Crippen LogP contribution in [-0.4, -0.2) is 35.0 Å². The van der Waals surface area contributed by atoms with Gasteiger partial charge in [-0.25, -0.2) is 0 Å². The lowest BCUT2D eigenvalue weighted by Crippen LogP contribution is -2.49. The summed E-state index contributed by atoms with van der Waals surface area (Å²) >= 11 is 5.88. The molecule has 136 valence electrons. The predicted molar refractivity (Wildman–Crippen MR) is 101 cm³/mol. The molecule has 1 heterocycles. The SMILES string of the molecule is O=C(CCc1ccc(Cl)cc1)N1CCC(C(=O)O)(c2ccccc2)CC1. The zero-order chi connectivity index (χ0) is 18.6. The highest BCUT2D eigenvalue weighted by Gasteiger charge is 2.43. The Labute approximate surface area is 158 Å². The summed E-state index contributed by atoms with van der Waals surface area (Å²) in [6.07, 6.45) is 1.97. The number of carboxylic acid groups (broad SMARTS) is 1. The van der Waals surface area contributed by atoms with Crippen LogP contribution in [-0.2, 0) is 21.4 Å². The van der Waals surface area contributed by atoms with Crippen LogP contribution in [0.4, 0.5) is 0 Å². The molecule has 2 aromatic carbocycles. The summed E-state index contributed by atoms with van der Waals surface area (Å²) in [5.41, 5.74) is 0.999. The monoisotopic (exact) mass is 371 g/mol. The van der Waals surface area contributed by atoms with Gasteiger partial charge in [-0.1, -0.05) is 54.1 Å². The van der Waals surface area contributed by atoms with E-state index in [1.54, 1.807) is 4.90 Å². The van der Waals surface area contributed by atoms with E-state index in [1.807, 2.05) is 54.6 Å². The second-order valence-corrected chi connectivity index (χ2v) is 7.20. The molecule has 0 saturated carbocycles. The second kappa shape index (κ2) is 7.92. The summed E-state index contributed by atoms with van der Waals surface area (Å²) in [4.78, 5) is 26.3. The molecular formula is C21H22ClNO3. The maximum Gasteiger partial charge on any atom is 0.314 e. The number of benzene rings is 2. The van der Waals surface area contributed by atoms with E-state index in [4.69, 9.17) is 11.6 Å². The van der Waals surface area contributed by atoms with Crippen molar-refractivity contribution in [3.05, 3.63) is 70.7 Å². The molecule has 0 radical (unpaired) electrons. The first kappa shape index (κ1) is 18.5. The number of aliphatic carboxylic acids is 1. The van der Waals surface area contributed by atoms with Crippen molar-refractivity contribution >= 4 is 23.5 Å². The molecule has 3 rings (SSSR count). The van der Waals surface area contributed by atoms with Gasteiger partial charge in [0, 0.05) is 24.5 Å². The number of aryl methyl sites for hydroxylation is 1. The van der Waals surface area contributed by atoms with Crippen molar-refractivity contribution in [2.75, 3.05) is 13.1 Å². The summed E-state index contributed by atoms with van der Waals surface area (Å²) in [6.45, 7) is 0.946. The number of hydrogen-bond donors (Lipinski definition) is 1. The third-order valence-electron chi connectivity index (χ3n) is 5.25. The van der Waals surface area contributed by atoms with E-state index in [0.717, 1.165) is 11.1 Å². The molecule has 1 saturated heterocycles. The fourth-order valence-corrected chi connectivity index (χ4v) is 3.71. The third-order valence-corrected chi connectivity index (χ3v) is 5.50. The van der Waals surface area contributed by atoms with Crippen LogP contribution in [0.3, 0.4) is 0 Å². The van der Waals surface area contributed by atoms with Gasteiger partial charge in [-0.3, -0.25) is 9.59 Å². The number of carboxylic acids is 1. The van der Waals surface area contributed by atoms with E-state index < -0.39 is 11.4 Å². The van der Waals surface area contributed by atoms with Gasteiger partial charge in [0.25, 0.3) is 0 Å². The van der Waals surface area contributed by atoms with Crippen molar-refractivity contribution < 1.29 is 14.7 Å². The Kier molecular flexibility index (Phi) is 5.62. The number of carbonyl (C=O) groups excluding carboxylic acids is 1. The Morgan fingerprint density at radius 1 is 1.00 bits per heavy atom. The Hall–Kier alpha value is -2.33. The fourth-order valence-electron chi connectivity index (χ4n) is 3.58. The van der Waals surface area contributed by atoms with Gasteiger partial charge in [-0.05, 0) is 42.5 Å². The zero-order valence-corrected chi connectivity index (χ0v) is 15.3. The smallest absolute Gasteiger partial charge is 0.314 e. The molecule has 1 aliphatic rings. The quantitative estimate of drug-likeness (QED) is 0.866. The molecule has 0 bridgehead atoms. The molecule has 26 heavy (non-hydrogen) atoms. The maximum absolute atomic E-state index is 12.5. The van der Waals surface area contributed by atoms with Crippen molar-refractivity contribution in [1.82, 2.24) is 4.90 Å². The van der Waals surface area contributed by atoms with Crippen LogP contribution in [0.25, 0.3) is 0 Å². The summed E-state index contributed by atoms with van der Waals surface area (Å²) in [5.74, 6) is -0.732. The molecule has 1 aliphatic heterocycles. The number of carbonyl (C=O) groups is 2. The molecule has 0 unspecified atom stereocenters. The highest BCUT2D eigenvalue weighted by molar-refractivity contribution is 6.30. The zero-order valence-electron chi connectivity index (χ0n) is 14.5. The van der Waals surface area contributed by atoms with E-state index in [0.29, 0.717) is 43.8 Å². The fraction of sp³-hybridized carbons (Fsp3) is 0.333. The molecule has 2 aromatic rings. The van der Waals surface area contributed by atoms with Crippen LogP contribution in [0.15, 0.2) is 54.6 Å². The van der Waals surface area contributed by atoms with Gasteiger partial charge in [0.2, 0.25) is 5.91 Å². The highest BCUT2D eigenvalue weighted by Crippen LogP contribution is 2.36. The standard InChI is InChI=1S/C21H22ClNO3/c22-18-9-6-16(7-10-18)8-11-19(24)23-14-12-21(13-15-23,20(25)26)17-4-2-1-3-5-17/h1-7,9-10H,8,11-15H2,(H,25,26). The summed E-state index contributed by atoms with van der Waals surface area (Å²) in [6, 6.07) is 16.8. The van der Waals surface area contributed by atoms with Crippen LogP contribution < -0.4 is 0 Å². The van der Waals surface area contributed by atoms with Crippen LogP contribution in [0.2, 0.25) is 5.02 Å². The van der Waals surface area contributed by atoms with Crippen molar-refractivity contribution in [3.8, 4) is 0 Å². The van der Waals surface area contributed by atoms with Gasteiger partial charge < -0.3 is 10.0 Å². The number of amides is 1. The summed E-state index contributed by atoms with van der Waals surface area (Å²) < 4.78 is 0. The first-order chi connectivity index (χ1) is 12.5. The number of likely N-dealkylation sites (tertiary alicyclic amines) is 1. The number of hydrogen-bond acceptors (Lipinski definition) is 2. The lowest BCUT2D eigenvalue weighted by Gasteiger charge is -2.39. The van der Waals surface area contributed by atoms with E-state index in [9.17, 15) is 14.7 Å². The number of rotatable bonds is 5. The average molecular weight is 372 g/mol. The van der Waals surface area contributed by atoms with Crippen molar-refractivity contribution in [3.63, 3.8) is 0 Å². The Morgan fingerprint density at radius 2 is 1.62 bits per heavy atom. The van der Waals surface area contributed by atoms with Crippen LogP contribution in [0.5, 0.6) is 0 Å². The molecule has 1 amide bonds. The Balaban J connectivity index is 1.60. The van der Waals surface area contributed by atoms with Crippen LogP contribution >= 0.6 is 11.6 Å². The predicted octanol–water partition coefficient (Wildman–Crippen LogP) is 3.92. The van der Waals surface area contributed by atoms with E-state index in [2.05, 4.69) is 0 Å². The number of piperidine rings is 1. The van der Waals surface area contributed by atoms with Crippen molar-refractivity contribution in [1.29, 1.82) is 0 Å². The van der Waals surface area contributed by atoms with Gasteiger partial charge in [0.05, 0.1) is 5.41 Å². The number of nitrogens with zero attached hydrogens (tertiary/aromatic N) is 1. The van der Waals surface area contributed by atoms with Crippen LogP contribution in [0.1, 0.15) is 30.4 Å². The molecule has 4 nitrogen and oxygen atoms in total. The normalized spacial score (nSPS) is 16.3. The summed E-state index contributed by atoms with van der Waals surface area (Å²) in [5, 5.41) is 10.5. The van der Waals surface area contributed by atoms with Gasteiger partial charge in [0.1, 0.15) is 0 Å². The Morgan fingerprint density at radius 3 is 2.19 bits per heavy atom. The molecule has 1 N–H and O–H groups in total. The second-order valence-electron chi connectivity index (χ2n) is 6.76. The molecule has 0 spiro atoms. The minimum Gasteiger partial charge on any atom is -0.481 e. The van der Waals surface area contributed by atoms with Crippen molar-refractivity contribution in [2.45, 2.75) is 31.1 Å². The van der Waals surface area contributed by atoms with Gasteiger partial charge in [0.15, 0.2) is 0 Å². The third kappa shape index (κ3) is 3.91. The van der Waals surface area contributed by atoms with Gasteiger partial charge in [-0.2, -0.15) is 0 Å². The molecule has 1 fully saturated rings. The lowest BCUT2D eigenvalue weighted by molar-refractivity contribution is -0.148. The van der Waals surface area contributed by atoms with E-state index in [-0.39, 0.29) is 5.91 Å². The van der Waals surface area contributed by atoms with Crippen LogP contribution in [0, 0.1) is 0 Å². The molecule has 0 aromatic heterocycles. The minimum absolute atomic E-state index is 0.0759. The topological polar surface area (TPSA) is 57.6 Å². The maximum atomic E-state index is 12.5.